The van der Waals surface area contributed by atoms with Gasteiger partial charge in [0.05, 0.1) is 58.6 Å². The number of unbranched alkanes of at least 4 members (excludes halogenated alkanes) is 2. The Morgan fingerprint density at radius 2 is 1.08 bits per heavy atom. The number of aliphatic hydroxyl groups excluding tert-OH is 1. The number of nitrogens with one attached hydrogen (secondary N) is 1. The van der Waals surface area contributed by atoms with Crippen LogP contribution in [0, 0.1) is 0 Å². The van der Waals surface area contributed by atoms with Crippen LogP contribution in [0.4, 0.5) is 0 Å². The topological polar surface area (TPSA) is 249 Å². The van der Waals surface area contributed by atoms with Gasteiger partial charge in [0.1, 0.15) is 18.9 Å². The van der Waals surface area contributed by atoms with Gasteiger partial charge in [-0.15, -0.1) is 0 Å². The number of ketones is 1. The lowest BCUT2D eigenvalue weighted by Crippen LogP contribution is -2.53. The number of Topliss-reactive ketones (excluding diaryl/α,β-unsaturated/α-hetero) is 1. The summed E-state index contributed by atoms with van der Waals surface area (Å²) < 4.78 is 10.7. The Hall–Kier alpha value is -5.77. The first-order valence-corrected chi connectivity index (χ1v) is 24.9. The Kier molecular flexibility index (Phi) is 26.6. The highest BCUT2D eigenvalue weighted by atomic mass is 16.5. The van der Waals surface area contributed by atoms with Crippen molar-refractivity contribution in [3.05, 3.63) is 71.9 Å². The van der Waals surface area contributed by atoms with Crippen LogP contribution in [0.25, 0.3) is 10.9 Å². The summed E-state index contributed by atoms with van der Waals surface area (Å²) in [4.78, 5) is 111. The van der Waals surface area contributed by atoms with Gasteiger partial charge in [0.15, 0.2) is 0 Å². The molecular weight excluding hydrogens is 925 g/mol. The molecule has 0 bridgehead atoms. The average molecular weight is 1010 g/mol. The van der Waals surface area contributed by atoms with Crippen molar-refractivity contribution in [2.45, 2.75) is 78.4 Å². The number of hydrogen-bond acceptors (Lipinski definition) is 13. The molecule has 0 saturated heterocycles. The zero-order chi connectivity index (χ0) is 53.2. The van der Waals surface area contributed by atoms with Gasteiger partial charge in [0.25, 0.3) is 0 Å². The summed E-state index contributed by atoms with van der Waals surface area (Å²) in [6.07, 6.45) is 3.96. The normalized spacial score (nSPS) is 11.9. The largest absolute Gasteiger partial charge is 0.395 e. The lowest BCUT2D eigenvalue weighted by atomic mass is 10.1. The Labute approximate surface area is 425 Å². The van der Waals surface area contributed by atoms with Gasteiger partial charge in [-0.2, -0.15) is 0 Å². The molecule has 1 atom stereocenters. The summed E-state index contributed by atoms with van der Waals surface area (Å²) >= 11 is 0. The smallest absolute Gasteiger partial charge is 0.243 e. The number of nitrogens with zero attached hydrogens (tertiary/aromatic N) is 7. The van der Waals surface area contributed by atoms with Gasteiger partial charge in [-0.1, -0.05) is 48.5 Å². The van der Waals surface area contributed by atoms with E-state index in [9.17, 15) is 38.7 Å². The fraction of sp³-hybridized carbons (Fsp3) is 0.596. The number of benzene rings is 2. The molecule has 0 fully saturated rings. The van der Waals surface area contributed by atoms with Crippen molar-refractivity contribution in [2.24, 2.45) is 11.5 Å². The number of carbonyl (C=O) groups is 7. The van der Waals surface area contributed by atoms with Crippen LogP contribution >= 0.6 is 0 Å². The molecule has 400 valence electrons. The number of ether oxygens (including phenoxy) is 2. The predicted octanol–water partition coefficient (Wildman–Crippen LogP) is 1.85. The lowest BCUT2D eigenvalue weighted by Gasteiger charge is -2.37. The van der Waals surface area contributed by atoms with Crippen molar-refractivity contribution >= 4 is 52.1 Å². The van der Waals surface area contributed by atoms with Crippen LogP contribution in [0.2, 0.25) is 0 Å². The molecular formula is C52H82N10O10. The second kappa shape index (κ2) is 31.6. The third-order valence-electron chi connectivity index (χ3n) is 12.4. The van der Waals surface area contributed by atoms with Gasteiger partial charge in [0, 0.05) is 76.1 Å². The molecule has 0 spiro atoms. The van der Waals surface area contributed by atoms with Crippen LogP contribution in [0.15, 0.2) is 60.8 Å². The van der Waals surface area contributed by atoms with Crippen LogP contribution < -0.4 is 11.5 Å². The number of aliphatic hydroxyl groups is 1. The minimum atomic E-state index is -0.690. The molecule has 6 N–H and O–H groups in total. The first-order valence-electron chi connectivity index (χ1n) is 24.9. The molecule has 0 unspecified atom stereocenters. The number of H-pyrrole nitrogens is 1. The van der Waals surface area contributed by atoms with E-state index in [1.54, 1.807) is 26.2 Å². The molecule has 6 amide bonds. The number of carbonyl (C=O) groups excluding carboxylic acids is 7. The second-order valence-electron chi connectivity index (χ2n) is 19.0. The summed E-state index contributed by atoms with van der Waals surface area (Å²) in [5.41, 5.74) is 13.5. The molecule has 1 aromatic heterocycles. The maximum absolute atomic E-state index is 14.7. The maximum atomic E-state index is 14.7. The molecule has 3 aromatic rings. The average Bonchev–Trinajstić information content (AvgIpc) is 3.76. The van der Waals surface area contributed by atoms with E-state index in [1.807, 2.05) is 74.3 Å². The van der Waals surface area contributed by atoms with Crippen molar-refractivity contribution in [2.75, 3.05) is 126 Å². The highest BCUT2D eigenvalue weighted by molar-refractivity contribution is 5.93. The fourth-order valence-electron chi connectivity index (χ4n) is 8.11. The summed E-state index contributed by atoms with van der Waals surface area (Å²) in [6, 6.07) is 16.0. The highest BCUT2D eigenvalue weighted by Crippen LogP contribution is 2.23. The first-order chi connectivity index (χ1) is 34.4. The molecule has 2 aromatic carbocycles. The maximum Gasteiger partial charge on any atom is 0.243 e. The van der Waals surface area contributed by atoms with Gasteiger partial charge in [-0.3, -0.25) is 38.5 Å². The van der Waals surface area contributed by atoms with Gasteiger partial charge >= 0.3 is 0 Å². The van der Waals surface area contributed by atoms with Crippen molar-refractivity contribution in [1.29, 1.82) is 0 Å². The van der Waals surface area contributed by atoms with Crippen LogP contribution in [-0.2, 0) is 49.6 Å². The summed E-state index contributed by atoms with van der Waals surface area (Å²) in [7, 11) is 3.07. The van der Waals surface area contributed by atoms with Crippen molar-refractivity contribution in [1.82, 2.24) is 39.3 Å². The molecule has 72 heavy (non-hydrogen) atoms. The van der Waals surface area contributed by atoms with Gasteiger partial charge in [-0.25, -0.2) is 0 Å². The molecule has 3 rings (SSSR count). The van der Waals surface area contributed by atoms with Crippen LogP contribution in [-0.4, -0.2) is 217 Å². The zero-order valence-corrected chi connectivity index (χ0v) is 43.8. The van der Waals surface area contributed by atoms with E-state index in [2.05, 4.69) is 4.98 Å². The van der Waals surface area contributed by atoms with Crippen LogP contribution in [0.1, 0.15) is 77.5 Å². The monoisotopic (exact) mass is 1010 g/mol. The van der Waals surface area contributed by atoms with E-state index in [4.69, 9.17) is 20.9 Å². The molecule has 0 aliphatic heterocycles. The van der Waals surface area contributed by atoms with Crippen LogP contribution in [0.3, 0.4) is 0 Å². The quantitative estimate of drug-likeness (QED) is 0.0625. The van der Waals surface area contributed by atoms with Crippen molar-refractivity contribution < 1.29 is 48.1 Å². The molecule has 20 nitrogen and oxygen atoms in total. The number of nitrogens with two attached hydrogens (primary N) is 2. The minimum Gasteiger partial charge on any atom is -0.395 e. The summed E-state index contributed by atoms with van der Waals surface area (Å²) in [5.74, 6) is -3.31. The third-order valence-corrected chi connectivity index (χ3v) is 12.4. The lowest BCUT2D eigenvalue weighted by molar-refractivity contribution is -0.149. The van der Waals surface area contributed by atoms with E-state index in [0.29, 0.717) is 57.5 Å². The minimum absolute atomic E-state index is 0.00144. The van der Waals surface area contributed by atoms with E-state index in [-0.39, 0.29) is 70.7 Å². The number of amides is 6. The van der Waals surface area contributed by atoms with Gasteiger partial charge in [-0.05, 0) is 90.6 Å². The van der Waals surface area contributed by atoms with Gasteiger partial charge < -0.3 is 60.4 Å². The fourth-order valence-corrected chi connectivity index (χ4v) is 8.11. The Morgan fingerprint density at radius 1 is 0.597 bits per heavy atom. The predicted molar refractivity (Wildman–Crippen MR) is 276 cm³/mol. The number of rotatable bonds is 34. The Balaban J connectivity index is 1.97. The molecule has 0 saturated carbocycles. The molecule has 1 heterocycles. The van der Waals surface area contributed by atoms with E-state index in [1.165, 1.54) is 38.5 Å². The summed E-state index contributed by atoms with van der Waals surface area (Å²) in [6.45, 7) is 8.18. The van der Waals surface area contributed by atoms with E-state index >= 15 is 0 Å². The SMILES string of the molecule is COCCN(CC(=O)N(CCCCN)CC(=O)N(CC(=O)N(CCO)CC(=O)N(CCCCN)CC(C)=O)[C@@H](C)c1ccccc1)C(=O)CN(Cc1c[nH]c2ccccc12)C(=O)CN(CCOC)C(C)(C)C. The van der Waals surface area contributed by atoms with Crippen LogP contribution in [0.5, 0.6) is 0 Å². The number of fused-ring (bicyclic) bond motifs is 1. The first kappa shape index (κ1) is 60.5. The zero-order valence-electron chi connectivity index (χ0n) is 43.8. The third kappa shape index (κ3) is 20.0. The molecule has 0 aliphatic rings. The molecule has 0 radical (unpaired) electrons. The molecule has 0 aliphatic carbocycles. The van der Waals surface area contributed by atoms with E-state index < -0.39 is 73.9 Å². The number of methoxy groups -OCH3 is 2. The Morgan fingerprint density at radius 3 is 1.64 bits per heavy atom. The molecule has 20 heteroatoms. The number of aromatic amines is 1. The Bertz CT molecular complexity index is 2170. The van der Waals surface area contributed by atoms with Crippen molar-refractivity contribution in [3.8, 4) is 0 Å². The number of para-hydroxylation sites is 1. The number of aromatic nitrogens is 1. The summed E-state index contributed by atoms with van der Waals surface area (Å²) in [5, 5.41) is 10.9. The highest BCUT2D eigenvalue weighted by Gasteiger charge is 2.33. The van der Waals surface area contributed by atoms with E-state index in [0.717, 1.165) is 21.4 Å². The second-order valence-corrected chi connectivity index (χ2v) is 19.0. The number of hydrogen-bond donors (Lipinski definition) is 4. The van der Waals surface area contributed by atoms with Gasteiger partial charge in [0.2, 0.25) is 35.4 Å². The van der Waals surface area contributed by atoms with Crippen molar-refractivity contribution in [3.63, 3.8) is 0 Å². The standard InChI is InChI=1S/C52H82N10O10/c1-40(64)32-56(23-15-13-21-53)46(65)34-58(25-28-63)50(69)39-62(41(2)42-17-9-8-10-18-42)51(70)37-57(24-16-14-22-54)47(66)35-59(26-29-71-6)48(67)36-60(33-43-31-55-45-20-12-11-19-44(43)45)49(68)38-61(27-30-72-7)52(3,4)5/h8-12,17-20,31,41,55,63H,13-16,21-30,32-39,53-54H2,1-7H3/t41-/m0/s1.